The van der Waals surface area contributed by atoms with E-state index < -0.39 is 0 Å². The Morgan fingerprint density at radius 3 is 3.08 bits per heavy atom. The zero-order chi connectivity index (χ0) is 9.52. The molecule has 0 amide bonds. The predicted molar refractivity (Wildman–Crippen MR) is 53.0 cm³/mol. The number of rotatable bonds is 2. The molecule has 1 aromatic rings. The Morgan fingerprint density at radius 1 is 1.54 bits per heavy atom. The van der Waals surface area contributed by atoms with Gasteiger partial charge in [-0.2, -0.15) is 0 Å². The number of ether oxygens (including phenoxy) is 1. The lowest BCUT2D eigenvalue weighted by molar-refractivity contribution is 0.413. The Morgan fingerprint density at radius 2 is 2.38 bits per heavy atom. The lowest BCUT2D eigenvalue weighted by Gasteiger charge is -1.97. The molecule has 0 aromatic carbocycles. The van der Waals surface area contributed by atoms with Crippen molar-refractivity contribution in [3.8, 4) is 17.6 Å². The van der Waals surface area contributed by atoms with E-state index in [1.807, 2.05) is 6.07 Å². The normalized spacial score (nSPS) is 8.77. The molecule has 0 aliphatic rings. The molecule has 1 aromatic heterocycles. The Labute approximate surface area is 82.9 Å². The molecule has 13 heavy (non-hydrogen) atoms. The van der Waals surface area contributed by atoms with Crippen molar-refractivity contribution in [2.45, 2.75) is 6.42 Å². The molecular formula is C10H10ClNO. The van der Waals surface area contributed by atoms with Crippen LogP contribution in [0.1, 0.15) is 12.0 Å². The third-order valence-electron chi connectivity index (χ3n) is 1.40. The van der Waals surface area contributed by atoms with E-state index in [0.29, 0.717) is 12.3 Å². The molecular weight excluding hydrogens is 186 g/mol. The molecule has 0 N–H and O–H groups in total. The Hall–Kier alpha value is -1.20. The molecule has 0 fully saturated rings. The summed E-state index contributed by atoms with van der Waals surface area (Å²) in [5.74, 6) is 7.15. The zero-order valence-corrected chi connectivity index (χ0v) is 8.14. The SMILES string of the molecule is COc1cncc(C#CCCCl)c1. The van der Waals surface area contributed by atoms with Crippen molar-refractivity contribution in [2.75, 3.05) is 13.0 Å². The van der Waals surface area contributed by atoms with E-state index in [1.165, 1.54) is 0 Å². The van der Waals surface area contributed by atoms with E-state index >= 15 is 0 Å². The van der Waals surface area contributed by atoms with Gasteiger partial charge in [-0.3, -0.25) is 4.98 Å². The summed E-state index contributed by atoms with van der Waals surface area (Å²) in [6.45, 7) is 0. The summed E-state index contributed by atoms with van der Waals surface area (Å²) in [7, 11) is 1.60. The quantitative estimate of drug-likeness (QED) is 0.533. The van der Waals surface area contributed by atoms with Gasteiger partial charge in [-0.1, -0.05) is 11.8 Å². The fourth-order valence-electron chi connectivity index (χ4n) is 0.811. The highest BCUT2D eigenvalue weighted by Gasteiger charge is 1.91. The van der Waals surface area contributed by atoms with Crippen molar-refractivity contribution in [3.05, 3.63) is 24.0 Å². The third kappa shape index (κ3) is 3.35. The van der Waals surface area contributed by atoms with Crippen LogP contribution in [0.3, 0.4) is 0 Å². The molecule has 0 aliphatic carbocycles. The van der Waals surface area contributed by atoms with Gasteiger partial charge in [0.25, 0.3) is 0 Å². The molecule has 0 saturated carbocycles. The molecule has 0 spiro atoms. The highest BCUT2D eigenvalue weighted by molar-refractivity contribution is 6.18. The monoisotopic (exact) mass is 195 g/mol. The lowest BCUT2D eigenvalue weighted by atomic mass is 10.3. The number of aromatic nitrogens is 1. The van der Waals surface area contributed by atoms with Crippen LogP contribution in [-0.4, -0.2) is 18.0 Å². The summed E-state index contributed by atoms with van der Waals surface area (Å²) >= 11 is 5.48. The van der Waals surface area contributed by atoms with Crippen LogP contribution in [0.15, 0.2) is 18.5 Å². The molecule has 1 heterocycles. The first-order valence-electron chi connectivity index (χ1n) is 3.90. The van der Waals surface area contributed by atoms with Crippen LogP contribution in [0, 0.1) is 11.8 Å². The predicted octanol–water partition coefficient (Wildman–Crippen LogP) is 2.07. The average Bonchev–Trinajstić information content (AvgIpc) is 2.19. The first-order valence-corrected chi connectivity index (χ1v) is 4.44. The van der Waals surface area contributed by atoms with Crippen molar-refractivity contribution >= 4 is 11.6 Å². The Bertz CT molecular complexity index is 327. The van der Waals surface area contributed by atoms with Gasteiger partial charge in [0.2, 0.25) is 0 Å². The maximum Gasteiger partial charge on any atom is 0.138 e. The smallest absolute Gasteiger partial charge is 0.138 e. The summed E-state index contributed by atoms with van der Waals surface area (Å²) in [5, 5.41) is 0. The van der Waals surface area contributed by atoms with E-state index in [-0.39, 0.29) is 0 Å². The highest BCUT2D eigenvalue weighted by Crippen LogP contribution is 2.08. The maximum atomic E-state index is 5.48. The standard InChI is InChI=1S/C10H10ClNO/c1-13-10-6-9(7-12-8-10)4-2-3-5-11/h6-8H,3,5H2,1H3. The van der Waals surface area contributed by atoms with E-state index in [1.54, 1.807) is 19.5 Å². The maximum absolute atomic E-state index is 5.48. The molecule has 0 saturated heterocycles. The number of pyridine rings is 1. The number of alkyl halides is 1. The summed E-state index contributed by atoms with van der Waals surface area (Å²) in [6, 6.07) is 1.84. The van der Waals surface area contributed by atoms with Gasteiger partial charge < -0.3 is 4.74 Å². The largest absolute Gasteiger partial charge is 0.495 e. The third-order valence-corrected chi connectivity index (χ3v) is 1.59. The molecule has 0 aliphatic heterocycles. The van der Waals surface area contributed by atoms with Crippen LogP contribution in [0.2, 0.25) is 0 Å². The average molecular weight is 196 g/mol. The molecule has 0 atom stereocenters. The molecule has 1 rings (SSSR count). The number of hydrogen-bond acceptors (Lipinski definition) is 2. The number of halogens is 1. The zero-order valence-electron chi connectivity index (χ0n) is 7.38. The first kappa shape index (κ1) is 9.88. The minimum Gasteiger partial charge on any atom is -0.495 e. The molecule has 3 heteroatoms. The summed E-state index contributed by atoms with van der Waals surface area (Å²) in [4.78, 5) is 3.97. The second kappa shape index (κ2) is 5.45. The Kier molecular flexibility index (Phi) is 4.14. The lowest BCUT2D eigenvalue weighted by Crippen LogP contribution is -1.85. The second-order valence-electron chi connectivity index (χ2n) is 2.35. The van der Waals surface area contributed by atoms with E-state index in [0.717, 1.165) is 11.3 Å². The van der Waals surface area contributed by atoms with E-state index in [4.69, 9.17) is 16.3 Å². The van der Waals surface area contributed by atoms with Crippen LogP contribution < -0.4 is 4.74 Å². The summed E-state index contributed by atoms with van der Waals surface area (Å²) in [5.41, 5.74) is 0.851. The van der Waals surface area contributed by atoms with Gasteiger partial charge in [0.1, 0.15) is 5.75 Å². The van der Waals surface area contributed by atoms with Gasteiger partial charge in [0.15, 0.2) is 0 Å². The summed E-state index contributed by atoms with van der Waals surface area (Å²) in [6.07, 6.45) is 4.04. The van der Waals surface area contributed by atoms with Crippen molar-refractivity contribution in [3.63, 3.8) is 0 Å². The number of hydrogen-bond donors (Lipinski definition) is 0. The molecule has 2 nitrogen and oxygen atoms in total. The topological polar surface area (TPSA) is 22.1 Å². The van der Waals surface area contributed by atoms with Crippen molar-refractivity contribution < 1.29 is 4.74 Å². The van der Waals surface area contributed by atoms with Gasteiger partial charge in [-0.25, -0.2) is 0 Å². The molecule has 0 radical (unpaired) electrons. The van der Waals surface area contributed by atoms with Crippen LogP contribution >= 0.6 is 11.6 Å². The summed E-state index contributed by atoms with van der Waals surface area (Å²) < 4.78 is 5.00. The van der Waals surface area contributed by atoms with Crippen molar-refractivity contribution in [1.29, 1.82) is 0 Å². The van der Waals surface area contributed by atoms with Gasteiger partial charge >= 0.3 is 0 Å². The molecule has 0 bridgehead atoms. The van der Waals surface area contributed by atoms with E-state index in [2.05, 4.69) is 16.8 Å². The van der Waals surface area contributed by atoms with Crippen molar-refractivity contribution in [1.82, 2.24) is 4.98 Å². The van der Waals surface area contributed by atoms with Gasteiger partial charge in [0, 0.05) is 24.1 Å². The fraction of sp³-hybridized carbons (Fsp3) is 0.300. The van der Waals surface area contributed by atoms with Crippen LogP contribution in [0.5, 0.6) is 5.75 Å². The van der Waals surface area contributed by atoms with Gasteiger partial charge in [-0.05, 0) is 6.07 Å². The second-order valence-corrected chi connectivity index (χ2v) is 2.73. The minimum atomic E-state index is 0.560. The molecule has 68 valence electrons. The molecule has 0 unspecified atom stereocenters. The highest BCUT2D eigenvalue weighted by atomic mass is 35.5. The minimum absolute atomic E-state index is 0.560. The number of nitrogens with zero attached hydrogens (tertiary/aromatic N) is 1. The van der Waals surface area contributed by atoms with Gasteiger partial charge in [-0.15, -0.1) is 11.6 Å². The van der Waals surface area contributed by atoms with Crippen LogP contribution in [0.25, 0.3) is 0 Å². The van der Waals surface area contributed by atoms with Crippen LogP contribution in [0.4, 0.5) is 0 Å². The van der Waals surface area contributed by atoms with Crippen molar-refractivity contribution in [2.24, 2.45) is 0 Å². The number of methoxy groups -OCH3 is 1. The van der Waals surface area contributed by atoms with E-state index in [9.17, 15) is 0 Å². The Balaban J connectivity index is 2.73. The fourth-order valence-corrected chi connectivity index (χ4v) is 0.905. The first-order chi connectivity index (χ1) is 6.36. The van der Waals surface area contributed by atoms with Crippen LogP contribution in [-0.2, 0) is 0 Å². The van der Waals surface area contributed by atoms with Gasteiger partial charge in [0.05, 0.1) is 13.3 Å².